The molecule has 4 N–H and O–H groups in total. The number of anilines is 1. The molecule has 1 atom stereocenters. The van der Waals surface area contributed by atoms with Crippen LogP contribution in [0.4, 0.5) is 5.82 Å². The second-order valence-electron chi connectivity index (χ2n) is 4.01. The van der Waals surface area contributed by atoms with Gasteiger partial charge in [-0.3, -0.25) is 4.98 Å². The van der Waals surface area contributed by atoms with E-state index in [2.05, 4.69) is 16.9 Å². The number of nitrogens with zero attached hydrogens (tertiary/aromatic N) is 2. The quantitative estimate of drug-likeness (QED) is 0.890. The van der Waals surface area contributed by atoms with E-state index in [9.17, 15) is 0 Å². The topological polar surface area (TPSA) is 77.8 Å². The highest BCUT2D eigenvalue weighted by Gasteiger charge is 2.17. The molecule has 0 fully saturated rings. The van der Waals surface area contributed by atoms with Crippen LogP contribution in [0.15, 0.2) is 30.6 Å². The predicted molar refractivity (Wildman–Crippen MR) is 73.3 cm³/mol. The second-order valence-corrected chi connectivity index (χ2v) is 4.44. The molecule has 0 aliphatic heterocycles. The maximum atomic E-state index is 6.22. The molecule has 2 aromatic heterocycles. The third-order valence-corrected chi connectivity index (χ3v) is 3.06. The van der Waals surface area contributed by atoms with Crippen LogP contribution in [0.2, 0.25) is 5.02 Å². The summed E-state index contributed by atoms with van der Waals surface area (Å²) in [5.41, 5.74) is 14.7. The molecule has 94 valence electrons. The van der Waals surface area contributed by atoms with Gasteiger partial charge in [-0.1, -0.05) is 24.6 Å². The Hall–Kier alpha value is -1.65. The molecule has 18 heavy (non-hydrogen) atoms. The van der Waals surface area contributed by atoms with Gasteiger partial charge in [-0.25, -0.2) is 4.98 Å². The van der Waals surface area contributed by atoms with Gasteiger partial charge < -0.3 is 11.5 Å². The van der Waals surface area contributed by atoms with Crippen LogP contribution in [-0.2, 0) is 6.42 Å². The molecular weight excluding hydrogens is 248 g/mol. The van der Waals surface area contributed by atoms with Gasteiger partial charge in [-0.2, -0.15) is 0 Å². The van der Waals surface area contributed by atoms with E-state index < -0.39 is 6.04 Å². The highest BCUT2D eigenvalue weighted by atomic mass is 35.5. The third-order valence-electron chi connectivity index (χ3n) is 2.85. The fourth-order valence-electron chi connectivity index (χ4n) is 1.89. The van der Waals surface area contributed by atoms with Gasteiger partial charge in [0.2, 0.25) is 0 Å². The molecule has 0 aliphatic rings. The van der Waals surface area contributed by atoms with Crippen molar-refractivity contribution in [2.24, 2.45) is 5.73 Å². The van der Waals surface area contributed by atoms with Crippen molar-refractivity contribution in [3.8, 4) is 0 Å². The minimum absolute atomic E-state index is 0.389. The van der Waals surface area contributed by atoms with E-state index in [1.165, 1.54) is 6.20 Å². The van der Waals surface area contributed by atoms with Gasteiger partial charge >= 0.3 is 0 Å². The number of rotatable bonds is 3. The normalized spacial score (nSPS) is 12.4. The van der Waals surface area contributed by atoms with Crippen LogP contribution in [-0.4, -0.2) is 9.97 Å². The Balaban J connectivity index is 2.47. The molecule has 4 nitrogen and oxygen atoms in total. The first kappa shape index (κ1) is 12.8. The van der Waals surface area contributed by atoms with Crippen molar-refractivity contribution in [2.45, 2.75) is 19.4 Å². The summed E-state index contributed by atoms with van der Waals surface area (Å²) in [5, 5.41) is 0.517. The molecule has 2 rings (SSSR count). The molecule has 0 aromatic carbocycles. The van der Waals surface area contributed by atoms with Crippen molar-refractivity contribution in [3.05, 3.63) is 52.4 Å². The summed E-state index contributed by atoms with van der Waals surface area (Å²) in [6.07, 6.45) is 4.10. The number of aryl methyl sites for hydroxylation is 1. The zero-order chi connectivity index (χ0) is 13.1. The SMILES string of the molecule is CCc1cccnc1C(N)c1cc(Cl)cnc1N. The zero-order valence-corrected chi connectivity index (χ0v) is 10.9. The molecule has 0 bridgehead atoms. The largest absolute Gasteiger partial charge is 0.383 e. The standard InChI is InChI=1S/C13H15ClN4/c1-2-8-4-3-5-17-12(8)11(15)10-6-9(14)7-18-13(10)16/h3-7,11H,2,15H2,1H3,(H2,16,18). The van der Waals surface area contributed by atoms with Crippen LogP contribution in [0.5, 0.6) is 0 Å². The third kappa shape index (κ3) is 2.44. The van der Waals surface area contributed by atoms with E-state index in [4.69, 9.17) is 23.1 Å². The van der Waals surface area contributed by atoms with E-state index in [-0.39, 0.29) is 0 Å². The summed E-state index contributed by atoms with van der Waals surface area (Å²) in [4.78, 5) is 8.36. The van der Waals surface area contributed by atoms with Crippen molar-refractivity contribution in [1.29, 1.82) is 0 Å². The van der Waals surface area contributed by atoms with E-state index in [0.717, 1.165) is 17.7 Å². The summed E-state index contributed by atoms with van der Waals surface area (Å²) >= 11 is 5.93. The predicted octanol–water partition coefficient (Wildman–Crippen LogP) is 2.32. The Labute approximate surface area is 111 Å². The van der Waals surface area contributed by atoms with Gasteiger partial charge in [0.15, 0.2) is 0 Å². The van der Waals surface area contributed by atoms with Crippen LogP contribution in [0.3, 0.4) is 0 Å². The lowest BCUT2D eigenvalue weighted by Crippen LogP contribution is -2.18. The molecular formula is C13H15ClN4. The van der Waals surface area contributed by atoms with Gasteiger partial charge in [0.25, 0.3) is 0 Å². The van der Waals surface area contributed by atoms with Gasteiger partial charge in [0, 0.05) is 18.0 Å². The highest BCUT2D eigenvalue weighted by Crippen LogP contribution is 2.26. The molecule has 0 saturated carbocycles. The number of nitrogen functional groups attached to an aromatic ring is 1. The van der Waals surface area contributed by atoms with Crippen molar-refractivity contribution in [3.63, 3.8) is 0 Å². The van der Waals surface area contributed by atoms with Crippen molar-refractivity contribution in [1.82, 2.24) is 9.97 Å². The molecule has 0 amide bonds. The first-order chi connectivity index (χ1) is 8.63. The number of halogens is 1. The van der Waals surface area contributed by atoms with Crippen LogP contribution >= 0.6 is 11.6 Å². The number of pyridine rings is 2. The lowest BCUT2D eigenvalue weighted by atomic mass is 9.99. The van der Waals surface area contributed by atoms with Gasteiger partial charge in [-0.15, -0.1) is 0 Å². The summed E-state index contributed by atoms with van der Waals surface area (Å²) in [5.74, 6) is 0.389. The summed E-state index contributed by atoms with van der Waals surface area (Å²) < 4.78 is 0. The lowest BCUT2D eigenvalue weighted by Gasteiger charge is -2.16. The number of nitrogens with two attached hydrogens (primary N) is 2. The fraction of sp³-hybridized carbons (Fsp3) is 0.231. The second kappa shape index (κ2) is 5.33. The molecule has 5 heteroatoms. The highest BCUT2D eigenvalue weighted by molar-refractivity contribution is 6.30. The molecule has 0 saturated heterocycles. The van der Waals surface area contributed by atoms with Gasteiger partial charge in [0.1, 0.15) is 5.82 Å². The Morgan fingerprint density at radius 2 is 2.17 bits per heavy atom. The van der Waals surface area contributed by atoms with Crippen molar-refractivity contribution >= 4 is 17.4 Å². The molecule has 0 radical (unpaired) electrons. The Bertz CT molecular complexity index is 556. The molecule has 1 unspecified atom stereocenters. The molecule has 0 aliphatic carbocycles. The number of aromatic nitrogens is 2. The maximum Gasteiger partial charge on any atom is 0.128 e. The van der Waals surface area contributed by atoms with Gasteiger partial charge in [0.05, 0.1) is 16.8 Å². The summed E-state index contributed by atoms with van der Waals surface area (Å²) in [7, 11) is 0. The maximum absolute atomic E-state index is 6.22. The Kier molecular flexibility index (Phi) is 3.79. The minimum atomic E-state index is -0.410. The smallest absolute Gasteiger partial charge is 0.128 e. The van der Waals surface area contributed by atoms with Crippen LogP contribution in [0, 0.1) is 0 Å². The van der Waals surface area contributed by atoms with Crippen LogP contribution in [0.1, 0.15) is 29.8 Å². The summed E-state index contributed by atoms with van der Waals surface area (Å²) in [6.45, 7) is 2.06. The zero-order valence-electron chi connectivity index (χ0n) is 10.1. The fourth-order valence-corrected chi connectivity index (χ4v) is 2.06. The van der Waals surface area contributed by atoms with Crippen molar-refractivity contribution < 1.29 is 0 Å². The lowest BCUT2D eigenvalue weighted by molar-refractivity contribution is 0.804. The molecule has 2 aromatic rings. The van der Waals surface area contributed by atoms with Gasteiger partial charge in [-0.05, 0) is 24.1 Å². The van der Waals surface area contributed by atoms with E-state index in [1.54, 1.807) is 12.3 Å². The minimum Gasteiger partial charge on any atom is -0.383 e. The monoisotopic (exact) mass is 262 g/mol. The Morgan fingerprint density at radius 1 is 1.39 bits per heavy atom. The van der Waals surface area contributed by atoms with E-state index in [0.29, 0.717) is 16.4 Å². The van der Waals surface area contributed by atoms with Crippen molar-refractivity contribution in [2.75, 3.05) is 5.73 Å². The Morgan fingerprint density at radius 3 is 2.89 bits per heavy atom. The molecule has 2 heterocycles. The first-order valence-electron chi connectivity index (χ1n) is 5.73. The summed E-state index contributed by atoms with van der Waals surface area (Å²) in [6, 6.07) is 5.24. The first-order valence-corrected chi connectivity index (χ1v) is 6.11. The van der Waals surface area contributed by atoms with E-state index in [1.807, 2.05) is 12.1 Å². The number of hydrogen-bond donors (Lipinski definition) is 2. The van der Waals surface area contributed by atoms with Crippen LogP contribution in [0.25, 0.3) is 0 Å². The number of hydrogen-bond acceptors (Lipinski definition) is 4. The molecule has 0 spiro atoms. The average molecular weight is 263 g/mol. The van der Waals surface area contributed by atoms with Crippen LogP contribution < -0.4 is 11.5 Å². The van der Waals surface area contributed by atoms with E-state index >= 15 is 0 Å². The average Bonchev–Trinajstić information content (AvgIpc) is 2.40.